The number of nitrogens with zero attached hydrogens (tertiary/aromatic N) is 2. The van der Waals surface area contributed by atoms with Crippen molar-refractivity contribution in [3.05, 3.63) is 77.7 Å². The molecule has 3 rings (SSSR count). The van der Waals surface area contributed by atoms with Gasteiger partial charge in [-0.05, 0) is 55.3 Å². The maximum atomic E-state index is 12.8. The van der Waals surface area contributed by atoms with Crippen LogP contribution in [0.1, 0.15) is 29.7 Å². The van der Waals surface area contributed by atoms with E-state index in [1.807, 2.05) is 13.0 Å². The molecular formula is C23H22F3N5O2. The van der Waals surface area contributed by atoms with Gasteiger partial charge in [0.2, 0.25) is 11.8 Å². The van der Waals surface area contributed by atoms with Gasteiger partial charge in [0.15, 0.2) is 0 Å². The van der Waals surface area contributed by atoms with Crippen molar-refractivity contribution in [1.82, 2.24) is 15.3 Å². The molecule has 7 nitrogen and oxygen atoms in total. The number of rotatable bonds is 7. The quantitative estimate of drug-likeness (QED) is 0.489. The second-order valence-corrected chi connectivity index (χ2v) is 7.33. The molecule has 0 saturated carbocycles. The Balaban J connectivity index is 1.55. The molecule has 0 aliphatic carbocycles. The Morgan fingerprint density at radius 1 is 1.00 bits per heavy atom. The summed E-state index contributed by atoms with van der Waals surface area (Å²) in [7, 11) is 0. The van der Waals surface area contributed by atoms with Crippen LogP contribution in [0.2, 0.25) is 0 Å². The summed E-state index contributed by atoms with van der Waals surface area (Å²) >= 11 is 0. The first-order valence-corrected chi connectivity index (χ1v) is 10.0. The minimum absolute atomic E-state index is 0.206. The molecule has 33 heavy (non-hydrogen) atoms. The van der Waals surface area contributed by atoms with E-state index in [0.29, 0.717) is 17.1 Å². The molecule has 2 amide bonds. The number of carbonyl (C=O) groups is 2. The minimum atomic E-state index is -4.53. The van der Waals surface area contributed by atoms with E-state index in [-0.39, 0.29) is 18.1 Å². The number of hydrogen-bond acceptors (Lipinski definition) is 5. The lowest BCUT2D eigenvalue weighted by molar-refractivity contribution is -0.141. The predicted octanol–water partition coefficient (Wildman–Crippen LogP) is 4.41. The van der Waals surface area contributed by atoms with Gasteiger partial charge in [0.05, 0.1) is 12.5 Å². The molecule has 0 saturated heterocycles. The van der Waals surface area contributed by atoms with Crippen molar-refractivity contribution in [2.24, 2.45) is 0 Å². The number of aryl methyl sites for hydroxylation is 1. The first-order valence-electron chi connectivity index (χ1n) is 10.0. The molecule has 0 aliphatic heterocycles. The molecule has 3 aromatic rings. The summed E-state index contributed by atoms with van der Waals surface area (Å²) in [6.07, 6.45) is -1.89. The van der Waals surface area contributed by atoms with E-state index in [1.165, 1.54) is 6.07 Å². The number of aromatic nitrogens is 2. The van der Waals surface area contributed by atoms with Crippen LogP contribution in [0.15, 0.2) is 60.9 Å². The Labute approximate surface area is 188 Å². The van der Waals surface area contributed by atoms with E-state index in [0.717, 1.165) is 17.8 Å². The van der Waals surface area contributed by atoms with Crippen LogP contribution in [-0.4, -0.2) is 28.3 Å². The van der Waals surface area contributed by atoms with Crippen molar-refractivity contribution in [3.63, 3.8) is 0 Å². The summed E-state index contributed by atoms with van der Waals surface area (Å²) in [6.45, 7) is 3.30. The first-order chi connectivity index (χ1) is 15.6. The van der Waals surface area contributed by atoms with E-state index in [4.69, 9.17) is 0 Å². The van der Waals surface area contributed by atoms with Gasteiger partial charge < -0.3 is 16.0 Å². The zero-order valence-corrected chi connectivity index (χ0v) is 17.9. The van der Waals surface area contributed by atoms with E-state index in [1.54, 1.807) is 43.5 Å². The second kappa shape index (κ2) is 10.1. The van der Waals surface area contributed by atoms with Gasteiger partial charge >= 0.3 is 6.18 Å². The molecule has 3 N–H and O–H groups in total. The van der Waals surface area contributed by atoms with Crippen LogP contribution in [0.4, 0.5) is 30.4 Å². The number of benzene rings is 1. The van der Waals surface area contributed by atoms with Crippen molar-refractivity contribution in [2.45, 2.75) is 25.9 Å². The number of pyridine rings is 2. The highest BCUT2D eigenvalue weighted by Crippen LogP contribution is 2.30. The lowest BCUT2D eigenvalue weighted by atomic mass is 10.00. The van der Waals surface area contributed by atoms with Crippen LogP contribution < -0.4 is 16.0 Å². The molecule has 1 aromatic carbocycles. The van der Waals surface area contributed by atoms with Crippen molar-refractivity contribution < 1.29 is 22.8 Å². The Morgan fingerprint density at radius 3 is 2.39 bits per heavy atom. The highest BCUT2D eigenvalue weighted by atomic mass is 19.4. The van der Waals surface area contributed by atoms with Crippen molar-refractivity contribution in [2.75, 3.05) is 17.2 Å². The molecule has 2 aromatic heterocycles. The molecule has 0 aliphatic rings. The summed E-state index contributed by atoms with van der Waals surface area (Å²) in [6, 6.07) is 12.6. The van der Waals surface area contributed by atoms with Gasteiger partial charge in [-0.1, -0.05) is 18.2 Å². The third kappa shape index (κ3) is 6.52. The average molecular weight is 457 g/mol. The number of nitrogens with one attached hydrogen (secondary N) is 3. The molecule has 1 atom stereocenters. The van der Waals surface area contributed by atoms with Crippen LogP contribution in [-0.2, 0) is 15.8 Å². The number of alkyl halides is 3. The van der Waals surface area contributed by atoms with Gasteiger partial charge in [0, 0.05) is 23.8 Å². The molecule has 0 fully saturated rings. The van der Waals surface area contributed by atoms with Crippen LogP contribution in [0, 0.1) is 6.92 Å². The minimum Gasteiger partial charge on any atom is -0.355 e. The second-order valence-electron chi connectivity index (χ2n) is 7.33. The maximum Gasteiger partial charge on any atom is 0.433 e. The third-order valence-corrected chi connectivity index (χ3v) is 4.83. The standard InChI is InChI=1S/C23H22F3N5O2/c1-14-4-3-10-28-21(14)31-20(32)13-29-22(33)15(2)16-5-7-17(8-6-16)30-18-9-11-27-19(12-18)23(24,25)26/h3-12,15H,13H2,1-2H3,(H,27,30)(H,29,33)(H,28,31,32). The fraction of sp³-hybridized carbons (Fsp3) is 0.217. The topological polar surface area (TPSA) is 96.0 Å². The molecular weight excluding hydrogens is 435 g/mol. The van der Waals surface area contributed by atoms with Gasteiger partial charge in [-0.25, -0.2) is 4.98 Å². The van der Waals surface area contributed by atoms with Gasteiger partial charge in [-0.2, -0.15) is 13.2 Å². The van der Waals surface area contributed by atoms with E-state index in [2.05, 4.69) is 25.9 Å². The average Bonchev–Trinajstić information content (AvgIpc) is 2.79. The lowest BCUT2D eigenvalue weighted by Crippen LogP contribution is -2.35. The Bertz CT molecular complexity index is 1130. The van der Waals surface area contributed by atoms with Crippen molar-refractivity contribution in [3.8, 4) is 0 Å². The molecule has 1 unspecified atom stereocenters. The van der Waals surface area contributed by atoms with Crippen molar-refractivity contribution in [1.29, 1.82) is 0 Å². The zero-order chi connectivity index (χ0) is 24.0. The van der Waals surface area contributed by atoms with Gasteiger partial charge in [-0.3, -0.25) is 14.6 Å². The normalized spacial score (nSPS) is 12.0. The Morgan fingerprint density at radius 2 is 1.73 bits per heavy atom. The summed E-state index contributed by atoms with van der Waals surface area (Å²) in [4.78, 5) is 31.9. The third-order valence-electron chi connectivity index (χ3n) is 4.83. The largest absolute Gasteiger partial charge is 0.433 e. The number of halogens is 3. The fourth-order valence-corrected chi connectivity index (χ4v) is 2.95. The summed E-state index contributed by atoms with van der Waals surface area (Å²) in [5.74, 6) is -0.842. The van der Waals surface area contributed by atoms with Crippen molar-refractivity contribution >= 4 is 29.0 Å². The molecule has 172 valence electrons. The SMILES string of the molecule is Cc1cccnc1NC(=O)CNC(=O)C(C)c1ccc(Nc2ccnc(C(F)(F)F)c2)cc1. The van der Waals surface area contributed by atoms with E-state index < -0.39 is 23.7 Å². The summed E-state index contributed by atoms with van der Waals surface area (Å²) in [5, 5.41) is 8.11. The van der Waals surface area contributed by atoms with Crippen LogP contribution in [0.25, 0.3) is 0 Å². The molecule has 0 radical (unpaired) electrons. The Kier molecular flexibility index (Phi) is 7.27. The van der Waals surface area contributed by atoms with E-state index in [9.17, 15) is 22.8 Å². The number of carbonyl (C=O) groups excluding carboxylic acids is 2. The van der Waals surface area contributed by atoms with Crippen LogP contribution >= 0.6 is 0 Å². The Hall–Kier alpha value is -3.95. The van der Waals surface area contributed by atoms with Crippen LogP contribution in [0.5, 0.6) is 0 Å². The van der Waals surface area contributed by atoms with Crippen LogP contribution in [0.3, 0.4) is 0 Å². The molecule has 2 heterocycles. The number of hydrogen-bond donors (Lipinski definition) is 3. The summed E-state index contributed by atoms with van der Waals surface area (Å²) < 4.78 is 38.4. The predicted molar refractivity (Wildman–Crippen MR) is 118 cm³/mol. The maximum absolute atomic E-state index is 12.8. The highest BCUT2D eigenvalue weighted by Gasteiger charge is 2.32. The van der Waals surface area contributed by atoms with E-state index >= 15 is 0 Å². The smallest absolute Gasteiger partial charge is 0.355 e. The van der Waals surface area contributed by atoms with Gasteiger partial charge in [0.1, 0.15) is 11.5 Å². The fourth-order valence-electron chi connectivity index (χ4n) is 2.95. The monoisotopic (exact) mass is 457 g/mol. The first kappa shape index (κ1) is 23.7. The number of anilines is 3. The molecule has 10 heteroatoms. The zero-order valence-electron chi connectivity index (χ0n) is 17.9. The lowest BCUT2D eigenvalue weighted by Gasteiger charge is -2.14. The summed E-state index contributed by atoms with van der Waals surface area (Å²) in [5.41, 5.74) is 1.29. The van der Waals surface area contributed by atoms with Gasteiger partial charge in [-0.15, -0.1) is 0 Å². The number of amides is 2. The molecule has 0 spiro atoms. The van der Waals surface area contributed by atoms with Gasteiger partial charge in [0.25, 0.3) is 0 Å². The highest BCUT2D eigenvalue weighted by molar-refractivity contribution is 5.95. The molecule has 0 bridgehead atoms.